The van der Waals surface area contributed by atoms with E-state index in [1.54, 1.807) is 18.2 Å². The Hall–Kier alpha value is -3.55. The summed E-state index contributed by atoms with van der Waals surface area (Å²) in [5, 5.41) is 15.3. The molecule has 2 aromatic rings. The number of benzene rings is 2. The van der Waals surface area contributed by atoms with Crippen LogP contribution in [0.15, 0.2) is 54.6 Å². The Morgan fingerprint density at radius 2 is 1.64 bits per heavy atom. The lowest BCUT2D eigenvalue weighted by atomic mass is 9.81. The van der Waals surface area contributed by atoms with Crippen LogP contribution in [0.5, 0.6) is 11.5 Å². The van der Waals surface area contributed by atoms with Crippen LogP contribution in [0.4, 0.5) is 4.79 Å². The molecule has 1 aliphatic rings. The van der Waals surface area contributed by atoms with E-state index in [0.29, 0.717) is 30.9 Å². The summed E-state index contributed by atoms with van der Waals surface area (Å²) in [6.07, 6.45) is 2.58. The second-order valence-corrected chi connectivity index (χ2v) is 10.3. The summed E-state index contributed by atoms with van der Waals surface area (Å²) in [4.78, 5) is 36.6. The smallest absolute Gasteiger partial charge is 0.407 e. The van der Waals surface area contributed by atoms with Gasteiger partial charge in [0, 0.05) is 18.9 Å². The number of hydrogen-bond donors (Lipinski definition) is 3. The molecule has 8 nitrogen and oxygen atoms in total. The third kappa shape index (κ3) is 8.91. The first-order chi connectivity index (χ1) is 17.1. The molecule has 0 bridgehead atoms. The average Bonchev–Trinajstić information content (AvgIpc) is 2.82. The Bertz CT molecular complexity index is 1030. The fraction of sp³-hybridized carbons (Fsp3) is 0.464. The van der Waals surface area contributed by atoms with Gasteiger partial charge in [0.1, 0.15) is 23.1 Å². The molecular weight excluding hydrogens is 460 g/mol. The van der Waals surface area contributed by atoms with Gasteiger partial charge in [0.25, 0.3) is 0 Å². The van der Waals surface area contributed by atoms with Gasteiger partial charge >= 0.3 is 12.1 Å². The number of hydrogen-bond acceptors (Lipinski definition) is 5. The molecule has 36 heavy (non-hydrogen) atoms. The summed E-state index contributed by atoms with van der Waals surface area (Å²) in [7, 11) is 0. The van der Waals surface area contributed by atoms with E-state index in [2.05, 4.69) is 10.6 Å². The van der Waals surface area contributed by atoms with E-state index in [1.165, 1.54) is 0 Å². The zero-order chi connectivity index (χ0) is 26.1. The molecule has 1 aliphatic carbocycles. The van der Waals surface area contributed by atoms with Crippen LogP contribution in [0.25, 0.3) is 0 Å². The number of aliphatic carboxylic acids is 1. The van der Waals surface area contributed by atoms with Crippen LogP contribution < -0.4 is 15.4 Å². The standard InChI is InChI=1S/C28H36N2O6/c1-28(2,3)36-27(34)29-18-19-12-14-21(15-13-19)25(31)30-24(26(32)33)17-20-8-7-11-23(16-20)35-22-9-5-4-6-10-22/h4-11,16,19,21,24H,12-15,17-18H2,1-3H3,(H,29,34)(H,30,31)(H,32,33). The molecule has 0 aliphatic heterocycles. The monoisotopic (exact) mass is 496 g/mol. The Kier molecular flexibility index (Phi) is 9.33. The lowest BCUT2D eigenvalue weighted by molar-refractivity contribution is -0.142. The highest BCUT2D eigenvalue weighted by atomic mass is 16.6. The van der Waals surface area contributed by atoms with Crippen molar-refractivity contribution in [3.63, 3.8) is 0 Å². The molecule has 3 rings (SSSR count). The number of alkyl carbamates (subject to hydrolysis) is 1. The Morgan fingerprint density at radius 3 is 2.28 bits per heavy atom. The molecule has 0 aromatic heterocycles. The van der Waals surface area contributed by atoms with E-state index < -0.39 is 23.7 Å². The number of para-hydroxylation sites is 1. The van der Waals surface area contributed by atoms with Gasteiger partial charge in [-0.25, -0.2) is 9.59 Å². The summed E-state index contributed by atoms with van der Waals surface area (Å²) < 4.78 is 11.1. The first kappa shape index (κ1) is 27.0. The second-order valence-electron chi connectivity index (χ2n) is 10.3. The zero-order valence-corrected chi connectivity index (χ0v) is 21.2. The van der Waals surface area contributed by atoms with Gasteiger partial charge in [-0.3, -0.25) is 4.79 Å². The number of rotatable bonds is 9. The summed E-state index contributed by atoms with van der Waals surface area (Å²) >= 11 is 0. The Labute approximate surface area is 212 Å². The van der Waals surface area contributed by atoms with Crippen LogP contribution in [-0.2, 0) is 20.7 Å². The minimum absolute atomic E-state index is 0.155. The molecule has 8 heteroatoms. The number of carboxylic acid groups (broad SMARTS) is 1. The number of amides is 2. The number of nitrogens with one attached hydrogen (secondary N) is 2. The highest BCUT2D eigenvalue weighted by Crippen LogP contribution is 2.29. The molecule has 1 atom stereocenters. The lowest BCUT2D eigenvalue weighted by Gasteiger charge is -2.29. The van der Waals surface area contributed by atoms with E-state index in [9.17, 15) is 19.5 Å². The molecule has 0 saturated heterocycles. The predicted molar refractivity (Wildman–Crippen MR) is 136 cm³/mol. The highest BCUT2D eigenvalue weighted by Gasteiger charge is 2.30. The van der Waals surface area contributed by atoms with Gasteiger partial charge in [-0.2, -0.15) is 0 Å². The number of carbonyl (C=O) groups is 3. The fourth-order valence-electron chi connectivity index (χ4n) is 4.26. The molecule has 0 radical (unpaired) electrons. The quantitative estimate of drug-likeness (QED) is 0.454. The van der Waals surface area contributed by atoms with Crippen LogP contribution in [0, 0.1) is 11.8 Å². The van der Waals surface area contributed by atoms with E-state index in [0.717, 1.165) is 18.4 Å². The van der Waals surface area contributed by atoms with Crippen LogP contribution in [-0.4, -0.2) is 41.3 Å². The molecule has 0 spiro atoms. The minimum atomic E-state index is -1.08. The molecule has 194 valence electrons. The van der Waals surface area contributed by atoms with Gasteiger partial charge in [-0.15, -0.1) is 0 Å². The molecule has 3 N–H and O–H groups in total. The van der Waals surface area contributed by atoms with Gasteiger partial charge in [-0.1, -0.05) is 30.3 Å². The third-order valence-corrected chi connectivity index (χ3v) is 6.08. The van der Waals surface area contributed by atoms with E-state index in [1.807, 2.05) is 57.2 Å². The average molecular weight is 497 g/mol. The summed E-state index contributed by atoms with van der Waals surface area (Å²) in [6.45, 7) is 5.95. The van der Waals surface area contributed by atoms with Crippen molar-refractivity contribution in [1.29, 1.82) is 0 Å². The maximum atomic E-state index is 12.9. The van der Waals surface area contributed by atoms with Crippen molar-refractivity contribution in [2.24, 2.45) is 11.8 Å². The molecule has 0 heterocycles. The number of carboxylic acids is 1. The van der Waals surface area contributed by atoms with Crippen molar-refractivity contribution in [2.45, 2.75) is 64.5 Å². The second kappa shape index (κ2) is 12.4. The van der Waals surface area contributed by atoms with Gasteiger partial charge in [0.15, 0.2) is 0 Å². The van der Waals surface area contributed by atoms with Crippen molar-refractivity contribution < 1.29 is 29.0 Å². The third-order valence-electron chi connectivity index (χ3n) is 6.08. The summed E-state index contributed by atoms with van der Waals surface area (Å²) in [6, 6.07) is 15.5. The number of carbonyl (C=O) groups excluding carboxylic acids is 2. The van der Waals surface area contributed by atoms with Gasteiger partial charge in [0.2, 0.25) is 5.91 Å². The molecule has 1 saturated carbocycles. The summed E-state index contributed by atoms with van der Waals surface area (Å²) in [5.74, 6) is 0.00861. The molecule has 1 fully saturated rings. The van der Waals surface area contributed by atoms with Crippen molar-refractivity contribution in [2.75, 3.05) is 6.54 Å². The first-order valence-corrected chi connectivity index (χ1v) is 12.4. The normalized spacial score (nSPS) is 18.5. The first-order valence-electron chi connectivity index (χ1n) is 12.4. The summed E-state index contributed by atoms with van der Waals surface area (Å²) in [5.41, 5.74) is 0.213. The lowest BCUT2D eigenvalue weighted by Crippen LogP contribution is -2.46. The van der Waals surface area contributed by atoms with Crippen LogP contribution in [0.1, 0.15) is 52.0 Å². The topological polar surface area (TPSA) is 114 Å². The van der Waals surface area contributed by atoms with E-state index >= 15 is 0 Å². The number of ether oxygens (including phenoxy) is 2. The van der Waals surface area contributed by atoms with Gasteiger partial charge in [0.05, 0.1) is 0 Å². The largest absolute Gasteiger partial charge is 0.480 e. The van der Waals surface area contributed by atoms with Crippen molar-refractivity contribution in [3.8, 4) is 11.5 Å². The fourth-order valence-corrected chi connectivity index (χ4v) is 4.26. The van der Waals surface area contributed by atoms with Crippen LogP contribution in [0.3, 0.4) is 0 Å². The molecule has 2 aromatic carbocycles. The molecule has 1 unspecified atom stereocenters. The van der Waals surface area contributed by atoms with E-state index in [4.69, 9.17) is 9.47 Å². The van der Waals surface area contributed by atoms with Gasteiger partial charge in [-0.05, 0) is 82.2 Å². The maximum absolute atomic E-state index is 12.9. The SMILES string of the molecule is CC(C)(C)OC(=O)NCC1CCC(C(=O)NC(Cc2cccc(Oc3ccccc3)c2)C(=O)O)CC1. The molecular formula is C28H36N2O6. The van der Waals surface area contributed by atoms with Crippen LogP contribution >= 0.6 is 0 Å². The maximum Gasteiger partial charge on any atom is 0.407 e. The Morgan fingerprint density at radius 1 is 0.972 bits per heavy atom. The minimum Gasteiger partial charge on any atom is -0.480 e. The Balaban J connectivity index is 1.48. The van der Waals surface area contributed by atoms with Gasteiger partial charge < -0.3 is 25.2 Å². The highest BCUT2D eigenvalue weighted by molar-refractivity contribution is 5.85. The van der Waals surface area contributed by atoms with Crippen LogP contribution in [0.2, 0.25) is 0 Å². The molecule has 2 amide bonds. The van der Waals surface area contributed by atoms with Crippen molar-refractivity contribution >= 4 is 18.0 Å². The van der Waals surface area contributed by atoms with E-state index in [-0.39, 0.29) is 24.2 Å². The van der Waals surface area contributed by atoms with Crippen molar-refractivity contribution in [1.82, 2.24) is 10.6 Å². The predicted octanol–water partition coefficient (Wildman–Crippen LogP) is 4.92. The van der Waals surface area contributed by atoms with Crippen molar-refractivity contribution in [3.05, 3.63) is 60.2 Å². The zero-order valence-electron chi connectivity index (χ0n) is 21.2.